The Bertz CT molecular complexity index is 444. The first-order valence-corrected chi connectivity index (χ1v) is 6.39. The molecule has 0 aliphatic rings. The van der Waals surface area contributed by atoms with Crippen molar-refractivity contribution in [3.8, 4) is 0 Å². The van der Waals surface area contributed by atoms with Gasteiger partial charge in [-0.3, -0.25) is 0 Å². The largest absolute Gasteiger partial charge is 0.383 e. The van der Waals surface area contributed by atoms with Gasteiger partial charge in [0, 0.05) is 19.2 Å². The van der Waals surface area contributed by atoms with Crippen molar-refractivity contribution in [1.82, 2.24) is 5.32 Å². The maximum Gasteiger partial charge on any atom is 0.166 e. The zero-order valence-corrected chi connectivity index (χ0v) is 11.7. The van der Waals surface area contributed by atoms with Crippen LogP contribution in [0.5, 0.6) is 0 Å². The normalized spacial score (nSPS) is 11.9. The molecule has 0 aromatic heterocycles. The van der Waals surface area contributed by atoms with Gasteiger partial charge in [0.15, 0.2) is 11.6 Å². The number of allylic oxidation sites excluding steroid dienone is 1. The minimum absolute atomic E-state index is 0.329. The molecule has 0 fully saturated rings. The number of aryl methyl sites for hydroxylation is 1. The number of hydrogen-bond donors (Lipinski definition) is 1. The molecule has 0 spiro atoms. The van der Waals surface area contributed by atoms with Gasteiger partial charge in [-0.15, -0.1) is 0 Å². The minimum atomic E-state index is -0.763. The van der Waals surface area contributed by atoms with E-state index in [0.29, 0.717) is 17.7 Å². The molecule has 4 heteroatoms. The van der Waals surface area contributed by atoms with E-state index >= 15 is 0 Å². The van der Waals surface area contributed by atoms with Gasteiger partial charge in [0.05, 0.1) is 6.61 Å². The van der Waals surface area contributed by atoms with E-state index in [1.54, 1.807) is 33.1 Å². The van der Waals surface area contributed by atoms with Crippen LogP contribution in [0, 0.1) is 18.6 Å². The zero-order valence-electron chi connectivity index (χ0n) is 11.7. The first-order valence-electron chi connectivity index (χ1n) is 6.39. The van der Waals surface area contributed by atoms with Gasteiger partial charge in [-0.25, -0.2) is 8.78 Å². The highest BCUT2D eigenvalue weighted by atomic mass is 19.2. The van der Waals surface area contributed by atoms with Crippen molar-refractivity contribution in [2.24, 2.45) is 0 Å². The lowest BCUT2D eigenvalue weighted by molar-refractivity contribution is 0.199. The lowest BCUT2D eigenvalue weighted by atomic mass is 10.0. The Morgan fingerprint density at radius 1 is 1.26 bits per heavy atom. The number of methoxy groups -OCH3 is 1. The number of benzene rings is 1. The minimum Gasteiger partial charge on any atom is -0.383 e. The van der Waals surface area contributed by atoms with Crippen LogP contribution in [-0.4, -0.2) is 26.8 Å². The van der Waals surface area contributed by atoms with Crippen molar-refractivity contribution in [3.63, 3.8) is 0 Å². The summed E-state index contributed by atoms with van der Waals surface area (Å²) < 4.78 is 32.1. The Hall–Kier alpha value is -1.26. The molecule has 0 radical (unpaired) electrons. The van der Waals surface area contributed by atoms with E-state index in [1.807, 2.05) is 6.08 Å². The lowest BCUT2D eigenvalue weighted by Crippen LogP contribution is -2.19. The fourth-order valence-electron chi connectivity index (χ4n) is 1.75. The molecule has 2 nitrogen and oxygen atoms in total. The summed E-state index contributed by atoms with van der Waals surface area (Å²) in [7, 11) is 1.65. The molecule has 0 aliphatic carbocycles. The number of nitrogens with one attached hydrogen (secondary N) is 1. The molecule has 0 bridgehead atoms. The van der Waals surface area contributed by atoms with E-state index < -0.39 is 11.6 Å². The van der Waals surface area contributed by atoms with Crippen LogP contribution in [0.25, 0.3) is 5.57 Å². The van der Waals surface area contributed by atoms with Crippen molar-refractivity contribution in [2.45, 2.75) is 20.3 Å². The van der Waals surface area contributed by atoms with Gasteiger partial charge in [0.1, 0.15) is 0 Å². The molecule has 1 rings (SSSR count). The molecule has 0 saturated carbocycles. The summed E-state index contributed by atoms with van der Waals surface area (Å²) in [4.78, 5) is 0. The Kier molecular flexibility index (Phi) is 6.67. The Labute approximate surface area is 113 Å². The molecule has 0 unspecified atom stereocenters. The average Bonchev–Trinajstić information content (AvgIpc) is 2.40. The fourth-order valence-corrected chi connectivity index (χ4v) is 1.75. The van der Waals surface area contributed by atoms with Crippen LogP contribution in [0.15, 0.2) is 18.2 Å². The predicted molar refractivity (Wildman–Crippen MR) is 74.1 cm³/mol. The average molecular weight is 269 g/mol. The highest BCUT2D eigenvalue weighted by Gasteiger charge is 2.11. The van der Waals surface area contributed by atoms with Gasteiger partial charge in [-0.2, -0.15) is 0 Å². The summed E-state index contributed by atoms with van der Waals surface area (Å²) in [5, 5.41) is 3.19. The van der Waals surface area contributed by atoms with Crippen molar-refractivity contribution in [1.29, 1.82) is 0 Å². The van der Waals surface area contributed by atoms with Crippen molar-refractivity contribution in [3.05, 3.63) is 41.0 Å². The Morgan fingerprint density at radius 2 is 2.00 bits per heavy atom. The lowest BCUT2D eigenvalue weighted by Gasteiger charge is -2.07. The SMILES string of the molecule is COCCNCC/C=C(/C)c1ccc(C)c(F)c1F. The maximum atomic E-state index is 13.7. The van der Waals surface area contributed by atoms with E-state index in [9.17, 15) is 8.78 Å². The number of hydrogen-bond acceptors (Lipinski definition) is 2. The van der Waals surface area contributed by atoms with Crippen molar-refractivity contribution in [2.75, 3.05) is 26.8 Å². The molecular weight excluding hydrogens is 248 g/mol. The van der Waals surface area contributed by atoms with Crippen LogP contribution in [0.2, 0.25) is 0 Å². The fraction of sp³-hybridized carbons (Fsp3) is 0.467. The van der Waals surface area contributed by atoms with Gasteiger partial charge in [0.25, 0.3) is 0 Å². The summed E-state index contributed by atoms with van der Waals surface area (Å²) >= 11 is 0. The first-order chi connectivity index (χ1) is 9.07. The third-order valence-electron chi connectivity index (χ3n) is 2.95. The molecule has 1 aromatic carbocycles. The second-order valence-electron chi connectivity index (χ2n) is 4.48. The van der Waals surface area contributed by atoms with Gasteiger partial charge in [-0.05, 0) is 37.9 Å². The molecule has 0 heterocycles. The van der Waals surface area contributed by atoms with Gasteiger partial charge in [0.2, 0.25) is 0 Å². The number of rotatable bonds is 7. The van der Waals surface area contributed by atoms with E-state index in [1.165, 1.54) is 0 Å². The van der Waals surface area contributed by atoms with E-state index in [2.05, 4.69) is 5.32 Å². The van der Waals surface area contributed by atoms with E-state index in [4.69, 9.17) is 4.74 Å². The quantitative estimate of drug-likeness (QED) is 0.767. The van der Waals surface area contributed by atoms with E-state index in [-0.39, 0.29) is 0 Å². The second kappa shape index (κ2) is 8.02. The second-order valence-corrected chi connectivity index (χ2v) is 4.48. The molecule has 19 heavy (non-hydrogen) atoms. The summed E-state index contributed by atoms with van der Waals surface area (Å²) in [6, 6.07) is 3.22. The molecule has 0 amide bonds. The summed E-state index contributed by atoms with van der Waals surface area (Å²) in [5.41, 5.74) is 1.42. The Balaban J connectivity index is 2.57. The Morgan fingerprint density at radius 3 is 2.68 bits per heavy atom. The maximum absolute atomic E-state index is 13.7. The molecular formula is C15H21F2NO. The zero-order chi connectivity index (χ0) is 14.3. The van der Waals surface area contributed by atoms with Crippen LogP contribution < -0.4 is 5.32 Å². The van der Waals surface area contributed by atoms with Crippen molar-refractivity contribution < 1.29 is 13.5 Å². The topological polar surface area (TPSA) is 21.3 Å². The van der Waals surface area contributed by atoms with Gasteiger partial charge >= 0.3 is 0 Å². The van der Waals surface area contributed by atoms with Crippen LogP contribution in [0.4, 0.5) is 8.78 Å². The number of halogens is 2. The molecule has 0 aliphatic heterocycles. The summed E-state index contributed by atoms with van der Waals surface area (Å²) in [5.74, 6) is -1.52. The van der Waals surface area contributed by atoms with Gasteiger partial charge in [-0.1, -0.05) is 18.2 Å². The van der Waals surface area contributed by atoms with Gasteiger partial charge < -0.3 is 10.1 Å². The summed E-state index contributed by atoms with van der Waals surface area (Å²) in [6.07, 6.45) is 2.68. The third-order valence-corrected chi connectivity index (χ3v) is 2.95. The standard InChI is InChI=1S/C15H21F2NO/c1-11(5-4-8-18-9-10-19-3)13-7-6-12(2)14(16)15(13)17/h5-7,18H,4,8-10H2,1-3H3/b11-5-. The monoisotopic (exact) mass is 269 g/mol. The molecule has 1 aromatic rings. The smallest absolute Gasteiger partial charge is 0.166 e. The van der Waals surface area contributed by atoms with Crippen LogP contribution in [-0.2, 0) is 4.74 Å². The van der Waals surface area contributed by atoms with Crippen molar-refractivity contribution >= 4 is 5.57 Å². The first kappa shape index (κ1) is 15.8. The van der Waals surface area contributed by atoms with Crippen LogP contribution in [0.1, 0.15) is 24.5 Å². The van der Waals surface area contributed by atoms with E-state index in [0.717, 1.165) is 25.1 Å². The van der Waals surface area contributed by atoms with Crippen LogP contribution >= 0.6 is 0 Å². The molecule has 0 atom stereocenters. The molecule has 0 saturated heterocycles. The third kappa shape index (κ3) is 4.73. The summed E-state index contributed by atoms with van der Waals surface area (Å²) in [6.45, 7) is 5.59. The molecule has 1 N–H and O–H groups in total. The highest BCUT2D eigenvalue weighted by Crippen LogP contribution is 2.22. The highest BCUT2D eigenvalue weighted by molar-refractivity contribution is 5.64. The molecule has 106 valence electrons. The predicted octanol–water partition coefficient (Wildman–Crippen LogP) is 3.30. The van der Waals surface area contributed by atoms with Crippen LogP contribution in [0.3, 0.4) is 0 Å². The number of ether oxygens (including phenoxy) is 1.